The molecule has 0 atom stereocenters. The highest BCUT2D eigenvalue weighted by Crippen LogP contribution is 2.32. The number of hydrogen-bond acceptors (Lipinski definition) is 3. The fourth-order valence-electron chi connectivity index (χ4n) is 1.43. The van der Waals surface area contributed by atoms with E-state index >= 15 is 0 Å². The van der Waals surface area contributed by atoms with Crippen molar-refractivity contribution in [2.45, 2.75) is 25.0 Å². The average molecular weight is 226 g/mol. The number of para-hydroxylation sites is 1. The molecule has 0 aromatic heterocycles. The van der Waals surface area contributed by atoms with Gasteiger partial charge in [0.1, 0.15) is 0 Å². The zero-order chi connectivity index (χ0) is 11.1. The summed E-state index contributed by atoms with van der Waals surface area (Å²) in [5.41, 5.74) is 7.56. The highest BCUT2D eigenvalue weighted by atomic mass is 32.2. The molecule has 0 aliphatic heterocycles. The van der Waals surface area contributed by atoms with Crippen LogP contribution in [0.25, 0.3) is 0 Å². The number of hydrogen-bond donors (Lipinski definition) is 2. The highest BCUT2D eigenvalue weighted by Gasteiger charge is 2.36. The number of sulfonamides is 1. The van der Waals surface area contributed by atoms with Crippen LogP contribution in [0.15, 0.2) is 18.2 Å². The average Bonchev–Trinajstić information content (AvgIpc) is 2.94. The van der Waals surface area contributed by atoms with E-state index in [0.29, 0.717) is 11.4 Å². The van der Waals surface area contributed by atoms with Crippen molar-refractivity contribution in [3.63, 3.8) is 0 Å². The minimum atomic E-state index is -3.22. The zero-order valence-corrected chi connectivity index (χ0v) is 9.34. The molecule has 0 bridgehead atoms. The summed E-state index contributed by atoms with van der Waals surface area (Å²) >= 11 is 0. The molecule has 1 saturated carbocycles. The molecule has 2 rings (SSSR count). The van der Waals surface area contributed by atoms with Crippen LogP contribution >= 0.6 is 0 Å². The van der Waals surface area contributed by atoms with E-state index in [1.807, 2.05) is 13.0 Å². The van der Waals surface area contributed by atoms with Crippen LogP contribution in [0, 0.1) is 6.92 Å². The minimum Gasteiger partial charge on any atom is -0.397 e. The Morgan fingerprint density at radius 2 is 2.07 bits per heavy atom. The summed E-state index contributed by atoms with van der Waals surface area (Å²) in [6.45, 7) is 1.83. The second kappa shape index (κ2) is 3.41. The lowest BCUT2D eigenvalue weighted by Gasteiger charge is -2.11. The van der Waals surface area contributed by atoms with Gasteiger partial charge in [0.2, 0.25) is 10.0 Å². The molecule has 1 aromatic carbocycles. The van der Waals surface area contributed by atoms with Crippen LogP contribution < -0.4 is 10.5 Å². The van der Waals surface area contributed by atoms with E-state index in [4.69, 9.17) is 5.73 Å². The monoisotopic (exact) mass is 226 g/mol. The van der Waals surface area contributed by atoms with Gasteiger partial charge in [-0.3, -0.25) is 4.72 Å². The Morgan fingerprint density at radius 1 is 1.40 bits per heavy atom. The lowest BCUT2D eigenvalue weighted by molar-refractivity contribution is 0.600. The van der Waals surface area contributed by atoms with Crippen LogP contribution in [0.5, 0.6) is 0 Å². The van der Waals surface area contributed by atoms with Gasteiger partial charge in [0.25, 0.3) is 0 Å². The number of nitrogen functional groups attached to an aromatic ring is 1. The van der Waals surface area contributed by atoms with Gasteiger partial charge in [-0.2, -0.15) is 0 Å². The third-order valence-corrected chi connectivity index (χ3v) is 4.35. The molecule has 0 saturated heterocycles. The summed E-state index contributed by atoms with van der Waals surface area (Å²) < 4.78 is 26.0. The van der Waals surface area contributed by atoms with E-state index in [0.717, 1.165) is 18.4 Å². The molecule has 0 unspecified atom stereocenters. The predicted molar refractivity (Wildman–Crippen MR) is 61.2 cm³/mol. The topological polar surface area (TPSA) is 72.2 Å². The molecular weight excluding hydrogens is 212 g/mol. The first-order valence-corrected chi connectivity index (χ1v) is 6.42. The number of anilines is 2. The van der Waals surface area contributed by atoms with Crippen LogP contribution in [0.2, 0.25) is 0 Å². The van der Waals surface area contributed by atoms with Crippen molar-refractivity contribution in [3.8, 4) is 0 Å². The number of benzene rings is 1. The van der Waals surface area contributed by atoms with E-state index in [2.05, 4.69) is 4.72 Å². The van der Waals surface area contributed by atoms with Gasteiger partial charge in [-0.1, -0.05) is 12.1 Å². The molecule has 4 nitrogen and oxygen atoms in total. The van der Waals surface area contributed by atoms with Crippen molar-refractivity contribution in [2.24, 2.45) is 0 Å². The second-order valence-corrected chi connectivity index (χ2v) is 5.85. The Balaban J connectivity index is 2.31. The molecule has 15 heavy (non-hydrogen) atoms. The summed E-state index contributed by atoms with van der Waals surface area (Å²) in [6, 6.07) is 5.33. The number of rotatable bonds is 3. The lowest BCUT2D eigenvalue weighted by Crippen LogP contribution is -2.18. The molecule has 1 aliphatic rings. The summed E-state index contributed by atoms with van der Waals surface area (Å²) in [4.78, 5) is 0. The summed E-state index contributed by atoms with van der Waals surface area (Å²) in [7, 11) is -3.22. The van der Waals surface area contributed by atoms with Crippen LogP contribution in [-0.4, -0.2) is 13.7 Å². The molecule has 5 heteroatoms. The summed E-state index contributed by atoms with van der Waals surface area (Å²) in [5.74, 6) is 0. The SMILES string of the molecule is Cc1cccc(N)c1NS(=O)(=O)C1CC1. The van der Waals surface area contributed by atoms with E-state index in [9.17, 15) is 8.42 Å². The smallest absolute Gasteiger partial charge is 0.235 e. The van der Waals surface area contributed by atoms with Gasteiger partial charge in [-0.05, 0) is 31.4 Å². The van der Waals surface area contributed by atoms with Crippen molar-refractivity contribution >= 4 is 21.4 Å². The lowest BCUT2D eigenvalue weighted by atomic mass is 10.2. The first-order valence-electron chi connectivity index (χ1n) is 4.87. The van der Waals surface area contributed by atoms with Crippen molar-refractivity contribution in [3.05, 3.63) is 23.8 Å². The Bertz CT molecular complexity index is 458. The molecule has 0 heterocycles. The van der Waals surface area contributed by atoms with Crippen LogP contribution in [-0.2, 0) is 10.0 Å². The molecule has 1 aliphatic carbocycles. The van der Waals surface area contributed by atoms with E-state index in [-0.39, 0.29) is 5.25 Å². The van der Waals surface area contributed by atoms with Gasteiger partial charge in [0.05, 0.1) is 16.6 Å². The fraction of sp³-hybridized carbons (Fsp3) is 0.400. The maximum absolute atomic E-state index is 11.7. The van der Waals surface area contributed by atoms with Gasteiger partial charge in [0.15, 0.2) is 0 Å². The Kier molecular flexibility index (Phi) is 2.34. The first kappa shape index (κ1) is 10.3. The minimum absolute atomic E-state index is 0.225. The fourth-order valence-corrected chi connectivity index (χ4v) is 2.92. The van der Waals surface area contributed by atoms with Gasteiger partial charge in [-0.25, -0.2) is 8.42 Å². The van der Waals surface area contributed by atoms with Gasteiger partial charge < -0.3 is 5.73 Å². The third-order valence-electron chi connectivity index (χ3n) is 2.51. The van der Waals surface area contributed by atoms with Crippen molar-refractivity contribution < 1.29 is 8.42 Å². The van der Waals surface area contributed by atoms with Gasteiger partial charge in [0, 0.05) is 0 Å². The molecule has 1 fully saturated rings. The Hall–Kier alpha value is -1.23. The second-order valence-electron chi connectivity index (χ2n) is 3.89. The maximum Gasteiger partial charge on any atom is 0.235 e. The number of aryl methyl sites for hydroxylation is 1. The molecular formula is C10H14N2O2S. The van der Waals surface area contributed by atoms with Crippen molar-refractivity contribution in [2.75, 3.05) is 10.5 Å². The maximum atomic E-state index is 11.7. The molecule has 82 valence electrons. The number of nitrogens with two attached hydrogens (primary N) is 1. The van der Waals surface area contributed by atoms with Crippen LogP contribution in [0.4, 0.5) is 11.4 Å². The summed E-state index contributed by atoms with van der Waals surface area (Å²) in [6.07, 6.45) is 1.50. The number of nitrogens with one attached hydrogen (secondary N) is 1. The Morgan fingerprint density at radius 3 is 2.60 bits per heavy atom. The molecule has 0 radical (unpaired) electrons. The molecule has 3 N–H and O–H groups in total. The normalized spacial score (nSPS) is 16.3. The Labute approximate surface area is 89.5 Å². The van der Waals surface area contributed by atoms with E-state index in [1.54, 1.807) is 12.1 Å². The van der Waals surface area contributed by atoms with Crippen LogP contribution in [0.3, 0.4) is 0 Å². The standard InChI is InChI=1S/C10H14N2O2S/c1-7-3-2-4-9(11)10(7)12-15(13,14)8-5-6-8/h2-4,8,12H,5-6,11H2,1H3. The predicted octanol–water partition coefficient (Wildman–Crippen LogP) is 1.48. The van der Waals surface area contributed by atoms with Crippen molar-refractivity contribution in [1.82, 2.24) is 0 Å². The van der Waals surface area contributed by atoms with Crippen LogP contribution in [0.1, 0.15) is 18.4 Å². The molecule has 0 amide bonds. The van der Waals surface area contributed by atoms with E-state index in [1.165, 1.54) is 0 Å². The third kappa shape index (κ3) is 2.07. The van der Waals surface area contributed by atoms with Crippen molar-refractivity contribution in [1.29, 1.82) is 0 Å². The molecule has 1 aromatic rings. The van der Waals surface area contributed by atoms with E-state index < -0.39 is 10.0 Å². The highest BCUT2D eigenvalue weighted by molar-refractivity contribution is 7.93. The van der Waals surface area contributed by atoms with Gasteiger partial charge >= 0.3 is 0 Å². The molecule has 0 spiro atoms. The summed E-state index contributed by atoms with van der Waals surface area (Å²) in [5, 5.41) is -0.225. The first-order chi connectivity index (χ1) is 7.00. The quantitative estimate of drug-likeness (QED) is 0.767. The van der Waals surface area contributed by atoms with Gasteiger partial charge in [-0.15, -0.1) is 0 Å². The zero-order valence-electron chi connectivity index (χ0n) is 8.53. The largest absolute Gasteiger partial charge is 0.397 e.